The Bertz CT molecular complexity index is 415. The van der Waals surface area contributed by atoms with Gasteiger partial charge in [0.05, 0.1) is 6.04 Å². The number of carbonyl (C=O) groups is 1. The van der Waals surface area contributed by atoms with E-state index in [0.717, 1.165) is 11.3 Å². The van der Waals surface area contributed by atoms with Gasteiger partial charge < -0.3 is 10.6 Å². The maximum absolute atomic E-state index is 12.3. The molecular weight excluding hydrogens is 224 g/mol. The lowest BCUT2D eigenvalue weighted by Crippen LogP contribution is -2.35. The van der Waals surface area contributed by atoms with Crippen LogP contribution in [0.3, 0.4) is 0 Å². The van der Waals surface area contributed by atoms with Crippen molar-refractivity contribution < 1.29 is 4.79 Å². The van der Waals surface area contributed by atoms with E-state index < -0.39 is 0 Å². The van der Waals surface area contributed by atoms with Gasteiger partial charge in [0.1, 0.15) is 0 Å². The third kappa shape index (κ3) is 3.25. The van der Waals surface area contributed by atoms with E-state index in [-0.39, 0.29) is 17.9 Å². The van der Waals surface area contributed by atoms with Crippen molar-refractivity contribution in [2.45, 2.75) is 33.7 Å². The number of nitrogens with zero attached hydrogens (tertiary/aromatic N) is 1. The van der Waals surface area contributed by atoms with E-state index in [1.165, 1.54) is 0 Å². The Hall–Kier alpha value is -1.51. The summed E-state index contributed by atoms with van der Waals surface area (Å²) >= 11 is 0. The maximum Gasteiger partial charge on any atom is 0.225 e. The molecule has 2 atom stereocenters. The third-order valence-electron chi connectivity index (χ3n) is 3.71. The van der Waals surface area contributed by atoms with Crippen molar-refractivity contribution in [1.82, 2.24) is 4.90 Å². The van der Waals surface area contributed by atoms with Crippen molar-refractivity contribution in [2.75, 3.05) is 12.8 Å². The largest absolute Gasteiger partial charge is 0.399 e. The summed E-state index contributed by atoms with van der Waals surface area (Å²) < 4.78 is 0. The van der Waals surface area contributed by atoms with Crippen molar-refractivity contribution in [1.29, 1.82) is 0 Å². The minimum absolute atomic E-state index is 0.0403. The molecule has 2 N–H and O–H groups in total. The number of hydrogen-bond donors (Lipinski definition) is 1. The Morgan fingerprint density at radius 3 is 2.33 bits per heavy atom. The summed E-state index contributed by atoms with van der Waals surface area (Å²) in [4.78, 5) is 14.1. The Kier molecular flexibility index (Phi) is 4.76. The first kappa shape index (κ1) is 14.6. The van der Waals surface area contributed by atoms with Crippen LogP contribution < -0.4 is 5.73 Å². The second kappa shape index (κ2) is 5.89. The van der Waals surface area contributed by atoms with Crippen LogP contribution >= 0.6 is 0 Å². The highest BCUT2D eigenvalue weighted by Crippen LogP contribution is 2.23. The molecule has 1 rings (SSSR count). The van der Waals surface area contributed by atoms with E-state index in [9.17, 15) is 4.79 Å². The molecular formula is C15H24N2O. The molecule has 0 saturated heterocycles. The maximum atomic E-state index is 12.3. The molecule has 3 nitrogen and oxygen atoms in total. The molecule has 0 bridgehead atoms. The first-order valence-corrected chi connectivity index (χ1v) is 6.46. The second-order valence-corrected chi connectivity index (χ2v) is 5.33. The number of hydrogen-bond acceptors (Lipinski definition) is 2. The minimum Gasteiger partial charge on any atom is -0.399 e. The molecule has 0 radical (unpaired) electrons. The molecule has 100 valence electrons. The van der Waals surface area contributed by atoms with E-state index in [4.69, 9.17) is 5.73 Å². The first-order chi connectivity index (χ1) is 8.34. The normalized spacial score (nSPS) is 14.3. The summed E-state index contributed by atoms with van der Waals surface area (Å²) in [6, 6.07) is 7.75. The number of benzene rings is 1. The number of nitrogen functional groups attached to an aromatic ring is 1. The fourth-order valence-corrected chi connectivity index (χ4v) is 1.84. The molecule has 0 spiro atoms. The van der Waals surface area contributed by atoms with Crippen LogP contribution in [0.25, 0.3) is 0 Å². The van der Waals surface area contributed by atoms with Gasteiger partial charge in [-0.1, -0.05) is 32.9 Å². The van der Waals surface area contributed by atoms with Crippen LogP contribution in [0.2, 0.25) is 0 Å². The Labute approximate surface area is 110 Å². The number of carbonyl (C=O) groups excluding carboxylic acids is 1. The van der Waals surface area contributed by atoms with Gasteiger partial charge in [0.15, 0.2) is 0 Å². The Morgan fingerprint density at radius 1 is 1.22 bits per heavy atom. The molecule has 3 heteroatoms. The first-order valence-electron chi connectivity index (χ1n) is 6.46. The lowest BCUT2D eigenvalue weighted by atomic mass is 9.95. The quantitative estimate of drug-likeness (QED) is 0.832. The highest BCUT2D eigenvalue weighted by Gasteiger charge is 2.24. The van der Waals surface area contributed by atoms with Crippen molar-refractivity contribution >= 4 is 11.6 Å². The van der Waals surface area contributed by atoms with Gasteiger partial charge in [0.2, 0.25) is 5.91 Å². The van der Waals surface area contributed by atoms with Crippen LogP contribution in [-0.4, -0.2) is 17.9 Å². The fraction of sp³-hybridized carbons (Fsp3) is 0.533. The smallest absolute Gasteiger partial charge is 0.225 e. The standard InChI is InChI=1S/C15H24N2O/c1-10(2)11(3)15(18)17(5)12(4)13-7-6-8-14(16)9-13/h6-12H,16H2,1-5H3. The highest BCUT2D eigenvalue weighted by molar-refractivity contribution is 5.79. The number of nitrogens with two attached hydrogens (primary N) is 1. The van der Waals surface area contributed by atoms with Gasteiger partial charge in [-0.05, 0) is 30.5 Å². The molecule has 1 aromatic carbocycles. The predicted octanol–water partition coefficient (Wildman–Crippen LogP) is 3.08. The zero-order valence-corrected chi connectivity index (χ0v) is 12.0. The average molecular weight is 248 g/mol. The molecule has 0 fully saturated rings. The van der Waals surface area contributed by atoms with Crippen LogP contribution in [0.15, 0.2) is 24.3 Å². The van der Waals surface area contributed by atoms with Crippen molar-refractivity contribution in [3.8, 4) is 0 Å². The second-order valence-electron chi connectivity index (χ2n) is 5.33. The molecule has 0 aliphatic heterocycles. The number of amides is 1. The molecule has 0 saturated carbocycles. The van der Waals surface area contributed by atoms with Crippen LogP contribution in [0.5, 0.6) is 0 Å². The SMILES string of the molecule is CC(C)C(C)C(=O)N(C)C(C)c1cccc(N)c1. The van der Waals surface area contributed by atoms with Gasteiger partial charge in [-0.3, -0.25) is 4.79 Å². The summed E-state index contributed by atoms with van der Waals surface area (Å²) in [5, 5.41) is 0. The molecule has 1 amide bonds. The van der Waals surface area contributed by atoms with Crippen molar-refractivity contribution in [2.24, 2.45) is 11.8 Å². The summed E-state index contributed by atoms with van der Waals surface area (Å²) in [6.07, 6.45) is 0. The minimum atomic E-state index is 0.0403. The molecule has 0 heterocycles. The monoisotopic (exact) mass is 248 g/mol. The molecule has 1 aromatic rings. The lowest BCUT2D eigenvalue weighted by molar-refractivity contribution is -0.136. The van der Waals surface area contributed by atoms with Gasteiger partial charge in [-0.25, -0.2) is 0 Å². The molecule has 18 heavy (non-hydrogen) atoms. The predicted molar refractivity (Wildman–Crippen MR) is 76.0 cm³/mol. The van der Waals surface area contributed by atoms with Gasteiger partial charge in [0.25, 0.3) is 0 Å². The van der Waals surface area contributed by atoms with Crippen molar-refractivity contribution in [3.05, 3.63) is 29.8 Å². The lowest BCUT2D eigenvalue weighted by Gasteiger charge is -2.29. The van der Waals surface area contributed by atoms with Gasteiger partial charge >= 0.3 is 0 Å². The molecule has 0 aliphatic carbocycles. The molecule has 2 unspecified atom stereocenters. The Morgan fingerprint density at radius 2 is 1.83 bits per heavy atom. The van der Waals surface area contributed by atoms with Gasteiger partial charge in [-0.15, -0.1) is 0 Å². The molecule has 0 aliphatic rings. The van der Waals surface area contributed by atoms with Crippen LogP contribution in [0.4, 0.5) is 5.69 Å². The zero-order valence-electron chi connectivity index (χ0n) is 12.0. The van der Waals surface area contributed by atoms with E-state index in [1.54, 1.807) is 4.90 Å². The number of anilines is 1. The summed E-state index contributed by atoms with van der Waals surface area (Å²) in [5.74, 6) is 0.575. The summed E-state index contributed by atoms with van der Waals surface area (Å²) in [7, 11) is 1.86. The number of rotatable bonds is 4. The molecule has 0 aromatic heterocycles. The van der Waals surface area contributed by atoms with Gasteiger partial charge in [0, 0.05) is 18.7 Å². The van der Waals surface area contributed by atoms with Crippen molar-refractivity contribution in [3.63, 3.8) is 0 Å². The summed E-state index contributed by atoms with van der Waals surface area (Å²) in [6.45, 7) is 8.15. The zero-order chi connectivity index (χ0) is 13.9. The average Bonchev–Trinajstić information content (AvgIpc) is 2.35. The van der Waals surface area contributed by atoms with Gasteiger partial charge in [-0.2, -0.15) is 0 Å². The van der Waals surface area contributed by atoms with Crippen LogP contribution in [0, 0.1) is 11.8 Å². The Balaban J connectivity index is 2.84. The van der Waals surface area contributed by atoms with E-state index in [2.05, 4.69) is 13.8 Å². The highest BCUT2D eigenvalue weighted by atomic mass is 16.2. The fourth-order valence-electron chi connectivity index (χ4n) is 1.84. The third-order valence-corrected chi connectivity index (χ3v) is 3.71. The van der Waals surface area contributed by atoms with Crippen LogP contribution in [-0.2, 0) is 4.79 Å². The topological polar surface area (TPSA) is 46.3 Å². The van der Waals surface area contributed by atoms with E-state index in [1.807, 2.05) is 45.2 Å². The van der Waals surface area contributed by atoms with E-state index in [0.29, 0.717) is 5.92 Å². The van der Waals surface area contributed by atoms with E-state index >= 15 is 0 Å². The van der Waals surface area contributed by atoms with Crippen LogP contribution in [0.1, 0.15) is 39.3 Å². The summed E-state index contributed by atoms with van der Waals surface area (Å²) in [5.41, 5.74) is 7.58.